The van der Waals surface area contributed by atoms with Crippen LogP contribution in [0, 0.1) is 13.8 Å². The molecule has 21 heavy (non-hydrogen) atoms. The summed E-state index contributed by atoms with van der Waals surface area (Å²) in [6, 6.07) is 0. The molecule has 6 nitrogen and oxygen atoms in total. The van der Waals surface area contributed by atoms with Crippen molar-refractivity contribution in [3.05, 3.63) is 33.2 Å². The first-order valence-corrected chi connectivity index (χ1v) is 7.49. The number of hydrogen-bond acceptors (Lipinski definition) is 6. The van der Waals surface area contributed by atoms with Gasteiger partial charge in [-0.25, -0.2) is 9.97 Å². The van der Waals surface area contributed by atoms with Crippen LogP contribution in [0.3, 0.4) is 0 Å². The molecule has 0 bridgehead atoms. The highest BCUT2D eigenvalue weighted by Gasteiger charge is 2.27. The van der Waals surface area contributed by atoms with E-state index in [0.717, 1.165) is 16.1 Å². The van der Waals surface area contributed by atoms with E-state index in [0.29, 0.717) is 29.6 Å². The Balaban J connectivity index is 2.48. The summed E-state index contributed by atoms with van der Waals surface area (Å²) < 4.78 is 9.77. The van der Waals surface area contributed by atoms with Gasteiger partial charge >= 0.3 is 0 Å². The molecule has 1 unspecified atom stereocenters. The minimum Gasteiger partial charge on any atom is -0.396 e. The number of aryl methyl sites for hydroxylation is 1. The average Bonchev–Trinajstić information content (AvgIpc) is 2.71. The van der Waals surface area contributed by atoms with Crippen molar-refractivity contribution in [3.63, 3.8) is 0 Å². The summed E-state index contributed by atoms with van der Waals surface area (Å²) >= 11 is 1.33. The Morgan fingerprint density at radius 1 is 1.52 bits per heavy atom. The van der Waals surface area contributed by atoms with Crippen LogP contribution in [0.1, 0.15) is 41.3 Å². The normalized spacial score (nSPS) is 14.8. The molecule has 0 fully saturated rings. The number of aliphatic hydroxyl groups is 2. The first-order valence-electron chi connectivity index (χ1n) is 7.18. The van der Waals surface area contributed by atoms with Crippen LogP contribution in [0.5, 0.6) is 0 Å². The summed E-state index contributed by atoms with van der Waals surface area (Å²) in [5.74, 6) is 0.992. The fourth-order valence-corrected chi connectivity index (χ4v) is 3.29. The highest BCUT2D eigenvalue weighted by molar-refractivity contribution is 7.11. The molecule has 7 heteroatoms. The number of nitrogens with two attached hydrogens (primary N) is 1. The predicted molar refractivity (Wildman–Crippen MR) is 81.0 cm³/mol. The molecule has 0 aromatic carbocycles. The number of aromatic nitrogens is 3. The Morgan fingerprint density at radius 3 is 2.81 bits per heavy atom. The van der Waals surface area contributed by atoms with Crippen molar-refractivity contribution in [2.24, 2.45) is 0 Å². The molecule has 0 spiro atoms. The van der Waals surface area contributed by atoms with E-state index in [1.807, 2.05) is 11.5 Å². The van der Waals surface area contributed by atoms with Crippen LogP contribution in [-0.4, -0.2) is 26.8 Å². The van der Waals surface area contributed by atoms with Crippen molar-refractivity contribution < 1.29 is 16.2 Å². The summed E-state index contributed by atoms with van der Waals surface area (Å²) in [6.45, 7) is 5.50. The number of thiazole rings is 1. The number of nitrogen functional groups attached to an aromatic ring is 1. The molecule has 2 aromatic heterocycles. The highest BCUT2D eigenvalue weighted by atomic mass is 32.1. The van der Waals surface area contributed by atoms with E-state index in [2.05, 4.69) is 9.97 Å². The number of hydrogen-bond donors (Lipinski definition) is 3. The fourth-order valence-electron chi connectivity index (χ4n) is 2.15. The van der Waals surface area contributed by atoms with E-state index in [9.17, 15) is 5.11 Å². The van der Waals surface area contributed by atoms with Crippen molar-refractivity contribution in [1.82, 2.24) is 9.97 Å². The number of aliphatic hydroxyl groups excluding tert-OH is 1. The second kappa shape index (κ2) is 6.46. The summed E-state index contributed by atoms with van der Waals surface area (Å²) in [6.07, 6.45) is 0.436. The number of rotatable bonds is 5. The second-order valence-electron chi connectivity index (χ2n) is 4.89. The molecule has 0 aliphatic carbocycles. The standard InChI is InChI=1S/C14H21N4O2S/c1-8-12(4-5-19)21-14(9(2)20)18(8)7-11-6-16-10(3)17-13(11)15/h6,9,19-20H,4-5,7H2,1-3H3,(H2,15,16,17)/q+1/i9T. The van der Waals surface area contributed by atoms with Crippen LogP contribution >= 0.6 is 11.3 Å². The molecule has 0 saturated carbocycles. The molecule has 0 radical (unpaired) electrons. The summed E-state index contributed by atoms with van der Waals surface area (Å²) in [4.78, 5) is 9.23. The summed E-state index contributed by atoms with van der Waals surface area (Å²) in [5.41, 5.74) is 7.57. The van der Waals surface area contributed by atoms with Gasteiger partial charge in [0, 0.05) is 26.1 Å². The zero-order valence-corrected chi connectivity index (χ0v) is 13.2. The molecular weight excluding hydrogens is 288 g/mol. The van der Waals surface area contributed by atoms with E-state index in [1.54, 1.807) is 13.1 Å². The van der Waals surface area contributed by atoms with Gasteiger partial charge in [-0.15, -0.1) is 0 Å². The van der Waals surface area contributed by atoms with Crippen molar-refractivity contribution >= 4 is 17.2 Å². The lowest BCUT2D eigenvalue weighted by molar-refractivity contribution is -0.699. The monoisotopic (exact) mass is 311 g/mol. The maximum Gasteiger partial charge on any atom is 0.266 e. The van der Waals surface area contributed by atoms with Crippen molar-refractivity contribution in [2.45, 2.75) is 39.8 Å². The van der Waals surface area contributed by atoms with Gasteiger partial charge in [0.05, 0.1) is 11.8 Å². The van der Waals surface area contributed by atoms with Gasteiger partial charge in [0.15, 0.2) is 12.2 Å². The molecule has 2 rings (SSSR count). The fraction of sp³-hybridized carbons (Fsp3) is 0.500. The summed E-state index contributed by atoms with van der Waals surface area (Å²) in [5, 5.41) is 19.8. The van der Waals surface area contributed by atoms with Crippen LogP contribution in [0.4, 0.5) is 5.82 Å². The van der Waals surface area contributed by atoms with Crippen molar-refractivity contribution in [1.29, 1.82) is 0 Å². The molecule has 0 aliphatic heterocycles. The first-order chi connectivity index (χ1) is 10.2. The van der Waals surface area contributed by atoms with Gasteiger partial charge < -0.3 is 15.9 Å². The minimum atomic E-state index is -1.72. The van der Waals surface area contributed by atoms with Crippen LogP contribution in [0.2, 0.25) is 0 Å². The third kappa shape index (κ3) is 3.37. The number of anilines is 1. The third-order valence-corrected chi connectivity index (χ3v) is 4.72. The lowest BCUT2D eigenvalue weighted by Crippen LogP contribution is -2.40. The van der Waals surface area contributed by atoms with E-state index < -0.39 is 6.08 Å². The van der Waals surface area contributed by atoms with Gasteiger partial charge in [0.1, 0.15) is 17.7 Å². The second-order valence-corrected chi connectivity index (χ2v) is 5.97. The molecule has 2 heterocycles. The Kier molecular flexibility index (Phi) is 4.42. The quantitative estimate of drug-likeness (QED) is 0.705. The van der Waals surface area contributed by atoms with Gasteiger partial charge in [-0.2, -0.15) is 4.57 Å². The van der Waals surface area contributed by atoms with Crippen LogP contribution in [-0.2, 0) is 13.0 Å². The minimum absolute atomic E-state index is 0.0245. The molecular formula is C14H21N4O2S+. The van der Waals surface area contributed by atoms with Gasteiger partial charge in [-0.3, -0.25) is 0 Å². The maximum atomic E-state index is 10.1. The van der Waals surface area contributed by atoms with Crippen molar-refractivity contribution in [3.8, 4) is 0 Å². The molecule has 0 amide bonds. The van der Waals surface area contributed by atoms with E-state index in [4.69, 9.17) is 12.2 Å². The van der Waals surface area contributed by atoms with E-state index in [1.165, 1.54) is 18.3 Å². The van der Waals surface area contributed by atoms with Crippen molar-refractivity contribution in [2.75, 3.05) is 12.3 Å². The molecule has 0 saturated heterocycles. The Bertz CT molecular complexity index is 682. The lowest BCUT2D eigenvalue weighted by atomic mass is 10.2. The SMILES string of the molecule is [3H]C(C)(O)c1sc(CCO)c(C)[n+]1Cc1cnc(C)nc1N. The van der Waals surface area contributed by atoms with Gasteiger partial charge in [-0.05, 0) is 13.8 Å². The maximum absolute atomic E-state index is 10.1. The largest absolute Gasteiger partial charge is 0.396 e. The summed E-state index contributed by atoms with van der Waals surface area (Å²) in [7, 11) is 0. The van der Waals surface area contributed by atoms with Crippen LogP contribution < -0.4 is 10.3 Å². The highest BCUT2D eigenvalue weighted by Crippen LogP contribution is 2.23. The van der Waals surface area contributed by atoms with E-state index >= 15 is 0 Å². The van der Waals surface area contributed by atoms with Crippen LogP contribution in [0.15, 0.2) is 6.20 Å². The third-order valence-electron chi connectivity index (χ3n) is 3.27. The van der Waals surface area contributed by atoms with E-state index in [-0.39, 0.29) is 6.61 Å². The zero-order chi connectivity index (χ0) is 16.5. The molecule has 1 atom stereocenters. The molecule has 4 N–H and O–H groups in total. The first kappa shape index (κ1) is 14.4. The topological polar surface area (TPSA) is 96.1 Å². The van der Waals surface area contributed by atoms with Gasteiger partial charge in [-0.1, -0.05) is 11.3 Å². The zero-order valence-electron chi connectivity index (χ0n) is 13.4. The average molecular weight is 311 g/mol. The Morgan fingerprint density at radius 2 is 2.24 bits per heavy atom. The molecule has 2 aromatic rings. The lowest BCUT2D eigenvalue weighted by Gasteiger charge is -2.05. The van der Waals surface area contributed by atoms with Gasteiger partial charge in [0.25, 0.3) is 5.01 Å². The Labute approximate surface area is 129 Å². The van der Waals surface area contributed by atoms with Gasteiger partial charge in [0.2, 0.25) is 0 Å². The molecule has 114 valence electrons. The molecule has 0 aliphatic rings. The number of nitrogens with zero attached hydrogens (tertiary/aromatic N) is 3. The smallest absolute Gasteiger partial charge is 0.266 e. The van der Waals surface area contributed by atoms with Crippen LogP contribution in [0.25, 0.3) is 0 Å². The Hall–Kier alpha value is -1.57. The predicted octanol–water partition coefficient (Wildman–Crippen LogP) is 0.661.